The molecule has 3 aromatic carbocycles. The number of hydrogen-bond acceptors (Lipinski definition) is 4. The van der Waals surface area contributed by atoms with Crippen molar-refractivity contribution in [2.75, 3.05) is 12.4 Å². The summed E-state index contributed by atoms with van der Waals surface area (Å²) in [5, 5.41) is 13.3. The van der Waals surface area contributed by atoms with Crippen LogP contribution in [0.1, 0.15) is 11.1 Å². The van der Waals surface area contributed by atoms with E-state index in [0.29, 0.717) is 32.8 Å². The van der Waals surface area contributed by atoms with Crippen LogP contribution in [0.2, 0.25) is 10.0 Å². The van der Waals surface area contributed by atoms with E-state index in [9.17, 15) is 10.1 Å². The van der Waals surface area contributed by atoms with Crippen molar-refractivity contribution in [2.24, 2.45) is 0 Å². The lowest BCUT2D eigenvalue weighted by molar-refractivity contribution is -0.112. The third-order valence-electron chi connectivity index (χ3n) is 4.38. The van der Waals surface area contributed by atoms with Crippen LogP contribution >= 0.6 is 45.8 Å². The van der Waals surface area contributed by atoms with Crippen LogP contribution in [-0.4, -0.2) is 13.0 Å². The van der Waals surface area contributed by atoms with Gasteiger partial charge in [0.2, 0.25) is 0 Å². The second-order valence-electron chi connectivity index (χ2n) is 6.53. The molecule has 3 rings (SSSR count). The molecule has 8 heteroatoms. The Morgan fingerprint density at radius 1 is 1.16 bits per heavy atom. The van der Waals surface area contributed by atoms with Crippen molar-refractivity contribution in [1.82, 2.24) is 0 Å². The molecule has 0 aromatic heterocycles. The zero-order valence-corrected chi connectivity index (χ0v) is 20.5. The fraction of sp³-hybridized carbons (Fsp3) is 0.0833. The SMILES string of the molecule is COc1cccc(/C=C(\C#N)C(=O)Nc2ccc(I)cc2)c1OCc1ccc(Cl)cc1Cl. The van der Waals surface area contributed by atoms with Crippen LogP contribution in [0.25, 0.3) is 6.08 Å². The Bertz CT molecular complexity index is 1200. The normalized spacial score (nSPS) is 10.9. The van der Waals surface area contributed by atoms with Gasteiger partial charge < -0.3 is 14.8 Å². The number of halogens is 3. The highest BCUT2D eigenvalue weighted by atomic mass is 127. The number of nitriles is 1. The Labute approximate surface area is 209 Å². The molecule has 0 radical (unpaired) electrons. The van der Waals surface area contributed by atoms with Crippen LogP contribution < -0.4 is 14.8 Å². The number of nitrogens with zero attached hydrogens (tertiary/aromatic N) is 1. The lowest BCUT2D eigenvalue weighted by Gasteiger charge is -2.14. The summed E-state index contributed by atoms with van der Waals surface area (Å²) in [5.74, 6) is 0.318. The zero-order chi connectivity index (χ0) is 23.1. The average Bonchev–Trinajstić information content (AvgIpc) is 2.78. The molecule has 1 amide bonds. The van der Waals surface area contributed by atoms with Gasteiger partial charge in [0.1, 0.15) is 18.2 Å². The largest absolute Gasteiger partial charge is 0.493 e. The lowest BCUT2D eigenvalue weighted by Crippen LogP contribution is -2.13. The van der Waals surface area contributed by atoms with Crippen molar-refractivity contribution in [3.8, 4) is 17.6 Å². The lowest BCUT2D eigenvalue weighted by atomic mass is 10.1. The molecule has 162 valence electrons. The first-order valence-corrected chi connectivity index (χ1v) is 11.2. The minimum atomic E-state index is -0.525. The number of ether oxygens (including phenoxy) is 2. The summed E-state index contributed by atoms with van der Waals surface area (Å²) in [6.45, 7) is 0.147. The topological polar surface area (TPSA) is 71.3 Å². The third kappa shape index (κ3) is 6.16. The van der Waals surface area contributed by atoms with Gasteiger partial charge in [-0.3, -0.25) is 4.79 Å². The number of anilines is 1. The van der Waals surface area contributed by atoms with Crippen molar-refractivity contribution in [3.63, 3.8) is 0 Å². The van der Waals surface area contributed by atoms with E-state index in [2.05, 4.69) is 27.9 Å². The summed E-state index contributed by atoms with van der Waals surface area (Å²) in [6.07, 6.45) is 1.46. The minimum Gasteiger partial charge on any atom is -0.493 e. The first kappa shape index (κ1) is 23.9. The van der Waals surface area contributed by atoms with Gasteiger partial charge in [-0.05, 0) is 71.1 Å². The van der Waals surface area contributed by atoms with Crippen LogP contribution in [0.4, 0.5) is 5.69 Å². The first-order valence-electron chi connectivity index (χ1n) is 9.33. The number of benzene rings is 3. The molecule has 0 aliphatic carbocycles. The molecular weight excluding hydrogens is 562 g/mol. The molecule has 0 saturated carbocycles. The molecule has 0 aliphatic rings. The number of amides is 1. The molecule has 0 atom stereocenters. The van der Waals surface area contributed by atoms with E-state index >= 15 is 0 Å². The highest BCUT2D eigenvalue weighted by Gasteiger charge is 2.15. The summed E-state index contributed by atoms with van der Waals surface area (Å²) in [7, 11) is 1.51. The van der Waals surface area contributed by atoms with E-state index in [1.165, 1.54) is 13.2 Å². The number of nitrogens with one attached hydrogen (secondary N) is 1. The van der Waals surface area contributed by atoms with Crippen LogP contribution in [0.5, 0.6) is 11.5 Å². The fourth-order valence-electron chi connectivity index (χ4n) is 2.79. The maximum absolute atomic E-state index is 12.6. The van der Waals surface area contributed by atoms with Gasteiger partial charge in [0, 0.05) is 30.4 Å². The zero-order valence-electron chi connectivity index (χ0n) is 16.9. The van der Waals surface area contributed by atoms with Gasteiger partial charge in [0.05, 0.1) is 7.11 Å². The monoisotopic (exact) mass is 578 g/mol. The Morgan fingerprint density at radius 3 is 2.56 bits per heavy atom. The Morgan fingerprint density at radius 2 is 1.91 bits per heavy atom. The Balaban J connectivity index is 1.88. The molecule has 32 heavy (non-hydrogen) atoms. The van der Waals surface area contributed by atoms with Crippen LogP contribution in [-0.2, 0) is 11.4 Å². The number of carbonyl (C=O) groups is 1. The minimum absolute atomic E-state index is 0.0776. The van der Waals surface area contributed by atoms with Crippen molar-refractivity contribution in [1.29, 1.82) is 5.26 Å². The highest BCUT2D eigenvalue weighted by molar-refractivity contribution is 14.1. The van der Waals surface area contributed by atoms with Gasteiger partial charge in [0.25, 0.3) is 5.91 Å². The standard InChI is InChI=1S/C24H17Cl2IN2O3/c1-31-22-4-2-3-15(23(22)32-14-16-5-6-18(25)12-21(16)26)11-17(13-28)24(30)29-20-9-7-19(27)8-10-20/h2-12H,14H2,1H3,(H,29,30)/b17-11+. The number of carbonyl (C=O) groups excluding carboxylic acids is 1. The molecule has 0 fully saturated rings. The number of hydrogen-bond donors (Lipinski definition) is 1. The smallest absolute Gasteiger partial charge is 0.266 e. The van der Waals surface area contributed by atoms with Crippen molar-refractivity contribution >= 4 is 63.5 Å². The molecule has 0 saturated heterocycles. The molecular formula is C24H17Cl2IN2O3. The summed E-state index contributed by atoms with van der Waals surface area (Å²) < 4.78 is 12.4. The van der Waals surface area contributed by atoms with Crippen molar-refractivity contribution < 1.29 is 14.3 Å². The van der Waals surface area contributed by atoms with E-state index in [-0.39, 0.29) is 12.2 Å². The molecule has 1 N–H and O–H groups in total. The summed E-state index contributed by atoms with van der Waals surface area (Å²) in [6, 6.07) is 19.5. The highest BCUT2D eigenvalue weighted by Crippen LogP contribution is 2.34. The van der Waals surface area contributed by atoms with E-state index in [1.54, 1.807) is 48.5 Å². The summed E-state index contributed by atoms with van der Waals surface area (Å²) in [4.78, 5) is 12.6. The quantitative estimate of drug-likeness (QED) is 0.192. The maximum atomic E-state index is 12.6. The van der Waals surface area contributed by atoms with Gasteiger partial charge in [-0.25, -0.2) is 0 Å². The van der Waals surface area contributed by atoms with E-state index in [0.717, 1.165) is 9.13 Å². The van der Waals surface area contributed by atoms with Gasteiger partial charge in [-0.2, -0.15) is 5.26 Å². The predicted molar refractivity (Wildman–Crippen MR) is 135 cm³/mol. The molecule has 0 spiro atoms. The Hall–Kier alpha value is -2.73. The fourth-order valence-corrected chi connectivity index (χ4v) is 3.61. The van der Waals surface area contributed by atoms with Crippen molar-refractivity contribution in [3.05, 3.63) is 91.0 Å². The van der Waals surface area contributed by atoms with Crippen LogP contribution in [0, 0.1) is 14.9 Å². The van der Waals surface area contributed by atoms with E-state index in [4.69, 9.17) is 32.7 Å². The van der Waals surface area contributed by atoms with Crippen LogP contribution in [0.15, 0.2) is 66.2 Å². The molecule has 3 aromatic rings. The second-order valence-corrected chi connectivity index (χ2v) is 8.62. The maximum Gasteiger partial charge on any atom is 0.266 e. The summed E-state index contributed by atoms with van der Waals surface area (Å²) >= 11 is 14.4. The third-order valence-corrected chi connectivity index (χ3v) is 5.69. The predicted octanol–water partition coefficient (Wildman–Crippen LogP) is 6.73. The first-order chi connectivity index (χ1) is 15.4. The summed E-state index contributed by atoms with van der Waals surface area (Å²) in [5.41, 5.74) is 1.76. The molecule has 0 aliphatic heterocycles. The van der Waals surface area contributed by atoms with Crippen LogP contribution in [0.3, 0.4) is 0 Å². The molecule has 0 heterocycles. The molecule has 5 nitrogen and oxygen atoms in total. The van der Waals surface area contributed by atoms with E-state index in [1.807, 2.05) is 18.2 Å². The Kier molecular flexibility index (Phi) is 8.39. The van der Waals surface area contributed by atoms with Crippen molar-refractivity contribution in [2.45, 2.75) is 6.61 Å². The van der Waals surface area contributed by atoms with Gasteiger partial charge >= 0.3 is 0 Å². The second kappa shape index (κ2) is 11.2. The van der Waals surface area contributed by atoms with Gasteiger partial charge in [-0.1, -0.05) is 41.4 Å². The van der Waals surface area contributed by atoms with E-state index < -0.39 is 5.91 Å². The van der Waals surface area contributed by atoms with Gasteiger partial charge in [-0.15, -0.1) is 0 Å². The molecule has 0 unspecified atom stereocenters. The average molecular weight is 579 g/mol. The van der Waals surface area contributed by atoms with Gasteiger partial charge in [0.15, 0.2) is 11.5 Å². The number of para-hydroxylation sites is 1. The number of methoxy groups -OCH3 is 1. The number of rotatable bonds is 7. The molecule has 0 bridgehead atoms.